The molecule has 1 heterocycles. The number of primary amides is 1. The maximum Gasteiger partial charge on any atom is 0.323 e. The Kier molecular flexibility index (Phi) is 2.49. The van der Waals surface area contributed by atoms with Crippen molar-refractivity contribution in [3.8, 4) is 0 Å². The van der Waals surface area contributed by atoms with E-state index in [4.69, 9.17) is 5.73 Å². The van der Waals surface area contributed by atoms with Crippen molar-refractivity contribution in [1.29, 1.82) is 0 Å². The number of nitrogens with one attached hydrogen (secondary N) is 3. The monoisotopic (exact) mass is 220 g/mol. The van der Waals surface area contributed by atoms with E-state index < -0.39 is 11.9 Å². The molecule has 5 N–H and O–H groups in total. The number of amides is 1. The van der Waals surface area contributed by atoms with Gasteiger partial charge in [-0.25, -0.2) is 4.79 Å². The summed E-state index contributed by atoms with van der Waals surface area (Å²) >= 11 is 0. The van der Waals surface area contributed by atoms with Crippen LogP contribution in [0.2, 0.25) is 0 Å². The molecular formula is C10H12N4O2. The van der Waals surface area contributed by atoms with Crippen LogP contribution in [-0.2, 0) is 4.79 Å². The van der Waals surface area contributed by atoms with Crippen molar-refractivity contribution < 1.29 is 4.79 Å². The standard InChI is InChI=1S/C10H12N4O2/c1-12-8(9(11)15)5-2-3-6-7(4-5)14-10(16)13-6/h2-4,8,12H,1H3,(H2,11,15)(H2,13,14,16). The molecular weight excluding hydrogens is 208 g/mol. The second-order valence-corrected chi connectivity index (χ2v) is 3.51. The molecule has 6 nitrogen and oxygen atoms in total. The van der Waals surface area contributed by atoms with Crippen molar-refractivity contribution in [3.63, 3.8) is 0 Å². The van der Waals surface area contributed by atoms with E-state index in [1.54, 1.807) is 25.2 Å². The normalized spacial score (nSPS) is 12.8. The first-order valence-electron chi connectivity index (χ1n) is 4.80. The van der Waals surface area contributed by atoms with Crippen LogP contribution in [0.3, 0.4) is 0 Å². The number of likely N-dealkylation sites (N-methyl/N-ethyl adjacent to an activating group) is 1. The average Bonchev–Trinajstić information content (AvgIpc) is 2.57. The number of carbonyl (C=O) groups excluding carboxylic acids is 1. The minimum atomic E-state index is -0.553. The number of benzene rings is 1. The van der Waals surface area contributed by atoms with E-state index in [1.807, 2.05) is 0 Å². The van der Waals surface area contributed by atoms with Crippen molar-refractivity contribution in [1.82, 2.24) is 15.3 Å². The molecule has 0 aliphatic rings. The van der Waals surface area contributed by atoms with E-state index in [1.165, 1.54) is 0 Å². The van der Waals surface area contributed by atoms with Crippen LogP contribution in [0, 0.1) is 0 Å². The maximum atomic E-state index is 11.2. The van der Waals surface area contributed by atoms with Gasteiger partial charge in [0.15, 0.2) is 0 Å². The quantitative estimate of drug-likeness (QED) is 0.565. The van der Waals surface area contributed by atoms with Crippen LogP contribution in [-0.4, -0.2) is 22.9 Å². The zero-order valence-electron chi connectivity index (χ0n) is 8.70. The van der Waals surface area contributed by atoms with Gasteiger partial charge in [0.1, 0.15) is 6.04 Å². The molecule has 1 unspecified atom stereocenters. The number of carbonyl (C=O) groups is 1. The van der Waals surface area contributed by atoms with Crippen LogP contribution in [0.5, 0.6) is 0 Å². The van der Waals surface area contributed by atoms with E-state index in [9.17, 15) is 9.59 Å². The summed E-state index contributed by atoms with van der Waals surface area (Å²) in [6.07, 6.45) is 0. The second-order valence-electron chi connectivity index (χ2n) is 3.51. The number of imidazole rings is 1. The number of rotatable bonds is 3. The summed E-state index contributed by atoms with van der Waals surface area (Å²) < 4.78 is 0. The summed E-state index contributed by atoms with van der Waals surface area (Å²) in [5.41, 5.74) is 7.05. The lowest BCUT2D eigenvalue weighted by Gasteiger charge is -2.12. The first-order chi connectivity index (χ1) is 7.61. The van der Waals surface area contributed by atoms with Gasteiger partial charge < -0.3 is 21.0 Å². The van der Waals surface area contributed by atoms with Crippen LogP contribution in [0.4, 0.5) is 0 Å². The third kappa shape index (κ3) is 1.70. The number of aromatic amines is 2. The summed E-state index contributed by atoms with van der Waals surface area (Å²) in [5.74, 6) is -0.459. The van der Waals surface area contributed by atoms with Crippen molar-refractivity contribution in [2.45, 2.75) is 6.04 Å². The van der Waals surface area contributed by atoms with Crippen molar-refractivity contribution >= 4 is 16.9 Å². The zero-order chi connectivity index (χ0) is 11.7. The van der Waals surface area contributed by atoms with E-state index in [2.05, 4.69) is 15.3 Å². The summed E-state index contributed by atoms with van der Waals surface area (Å²) in [7, 11) is 1.65. The van der Waals surface area contributed by atoms with Gasteiger partial charge in [-0.05, 0) is 24.7 Å². The number of fused-ring (bicyclic) bond motifs is 1. The molecule has 0 fully saturated rings. The highest BCUT2D eigenvalue weighted by Crippen LogP contribution is 2.16. The van der Waals surface area contributed by atoms with Crippen LogP contribution < -0.4 is 16.7 Å². The highest BCUT2D eigenvalue weighted by molar-refractivity contribution is 5.83. The summed E-state index contributed by atoms with van der Waals surface area (Å²) in [5, 5.41) is 2.81. The Morgan fingerprint density at radius 2 is 2.06 bits per heavy atom. The molecule has 0 radical (unpaired) electrons. The highest BCUT2D eigenvalue weighted by atomic mass is 16.1. The molecule has 1 aromatic carbocycles. The molecule has 16 heavy (non-hydrogen) atoms. The van der Waals surface area contributed by atoms with Gasteiger partial charge in [-0.1, -0.05) is 6.07 Å². The van der Waals surface area contributed by atoms with Crippen molar-refractivity contribution in [2.75, 3.05) is 7.05 Å². The third-order valence-corrected chi connectivity index (χ3v) is 2.45. The number of H-pyrrole nitrogens is 2. The minimum Gasteiger partial charge on any atom is -0.368 e. The predicted octanol–water partition coefficient (Wildman–Crippen LogP) is -0.398. The van der Waals surface area contributed by atoms with Crippen LogP contribution in [0.15, 0.2) is 23.0 Å². The van der Waals surface area contributed by atoms with Crippen LogP contribution >= 0.6 is 0 Å². The SMILES string of the molecule is CNC(C(N)=O)c1ccc2[nH]c(=O)[nH]c2c1. The van der Waals surface area contributed by atoms with Gasteiger partial charge in [-0.2, -0.15) is 0 Å². The number of hydrogen-bond acceptors (Lipinski definition) is 3. The Hall–Kier alpha value is -2.08. The molecule has 0 saturated heterocycles. The molecule has 1 aromatic heterocycles. The minimum absolute atomic E-state index is 0.271. The summed E-state index contributed by atoms with van der Waals surface area (Å²) in [6.45, 7) is 0. The number of hydrogen-bond donors (Lipinski definition) is 4. The smallest absolute Gasteiger partial charge is 0.323 e. The summed E-state index contributed by atoms with van der Waals surface area (Å²) in [4.78, 5) is 27.5. The largest absolute Gasteiger partial charge is 0.368 e. The molecule has 2 rings (SSSR count). The predicted molar refractivity (Wildman–Crippen MR) is 59.9 cm³/mol. The van der Waals surface area contributed by atoms with Gasteiger partial charge in [0, 0.05) is 0 Å². The van der Waals surface area contributed by atoms with E-state index in [0.29, 0.717) is 11.0 Å². The fourth-order valence-corrected chi connectivity index (χ4v) is 1.70. The maximum absolute atomic E-state index is 11.2. The molecule has 0 aliphatic carbocycles. The Bertz CT molecular complexity index is 584. The van der Waals surface area contributed by atoms with E-state index in [-0.39, 0.29) is 5.69 Å². The second kappa shape index (κ2) is 3.82. The molecule has 0 spiro atoms. The molecule has 0 aliphatic heterocycles. The van der Waals surface area contributed by atoms with Crippen LogP contribution in [0.1, 0.15) is 11.6 Å². The fraction of sp³-hybridized carbons (Fsp3) is 0.200. The topological polar surface area (TPSA) is 104 Å². The number of nitrogens with two attached hydrogens (primary N) is 1. The number of aromatic nitrogens is 2. The molecule has 2 aromatic rings. The molecule has 1 amide bonds. The third-order valence-electron chi connectivity index (χ3n) is 2.45. The fourth-order valence-electron chi connectivity index (χ4n) is 1.70. The summed E-state index contributed by atoms with van der Waals surface area (Å²) in [6, 6.07) is 4.65. The molecule has 1 atom stereocenters. The van der Waals surface area contributed by atoms with E-state index in [0.717, 1.165) is 5.56 Å². The van der Waals surface area contributed by atoms with Gasteiger partial charge in [0.25, 0.3) is 0 Å². The Morgan fingerprint density at radius 3 is 2.69 bits per heavy atom. The zero-order valence-corrected chi connectivity index (χ0v) is 8.70. The lowest BCUT2D eigenvalue weighted by Crippen LogP contribution is -2.31. The van der Waals surface area contributed by atoms with Crippen LogP contribution in [0.25, 0.3) is 11.0 Å². The Balaban J connectivity index is 2.53. The highest BCUT2D eigenvalue weighted by Gasteiger charge is 2.15. The molecule has 0 saturated carbocycles. The van der Waals surface area contributed by atoms with Gasteiger partial charge in [-0.15, -0.1) is 0 Å². The average molecular weight is 220 g/mol. The van der Waals surface area contributed by atoms with Gasteiger partial charge in [-0.3, -0.25) is 4.79 Å². The van der Waals surface area contributed by atoms with Gasteiger partial charge in [0.2, 0.25) is 5.91 Å². The first-order valence-corrected chi connectivity index (χ1v) is 4.80. The Morgan fingerprint density at radius 1 is 1.38 bits per heavy atom. The molecule has 6 heteroatoms. The van der Waals surface area contributed by atoms with E-state index >= 15 is 0 Å². The molecule has 84 valence electrons. The van der Waals surface area contributed by atoms with Crippen molar-refractivity contribution in [2.24, 2.45) is 5.73 Å². The molecule has 0 bridgehead atoms. The van der Waals surface area contributed by atoms with Crippen molar-refractivity contribution in [3.05, 3.63) is 34.2 Å². The van der Waals surface area contributed by atoms with Gasteiger partial charge in [0.05, 0.1) is 11.0 Å². The first kappa shape index (κ1) is 10.4. The van der Waals surface area contributed by atoms with Gasteiger partial charge >= 0.3 is 5.69 Å². The lowest BCUT2D eigenvalue weighted by molar-refractivity contribution is -0.120. The lowest BCUT2D eigenvalue weighted by atomic mass is 10.1. The Labute approximate surface area is 90.8 Å².